The van der Waals surface area contributed by atoms with Crippen LogP contribution in [0.3, 0.4) is 0 Å². The van der Waals surface area contributed by atoms with Gasteiger partial charge in [-0.25, -0.2) is 4.79 Å². The van der Waals surface area contributed by atoms with Crippen molar-refractivity contribution in [3.63, 3.8) is 0 Å². The molecule has 94 valence electrons. The van der Waals surface area contributed by atoms with Gasteiger partial charge in [-0.2, -0.15) is 12.6 Å². The van der Waals surface area contributed by atoms with Crippen molar-refractivity contribution in [3.8, 4) is 5.75 Å². The van der Waals surface area contributed by atoms with Crippen molar-refractivity contribution >= 4 is 18.7 Å². The average Bonchev–Trinajstić information content (AvgIpc) is 2.28. The Morgan fingerprint density at radius 2 is 2.00 bits per heavy atom. The van der Waals surface area contributed by atoms with Crippen molar-refractivity contribution in [3.05, 3.63) is 29.8 Å². The molecule has 1 amide bonds. The van der Waals surface area contributed by atoms with Crippen LogP contribution in [0.15, 0.2) is 24.3 Å². The first-order chi connectivity index (χ1) is 8.02. The Balaban J connectivity index is 2.68. The molecule has 0 aliphatic rings. The van der Waals surface area contributed by atoms with Crippen LogP contribution in [-0.2, 0) is 11.2 Å². The van der Waals surface area contributed by atoms with Crippen molar-refractivity contribution in [2.45, 2.75) is 17.9 Å². The maximum Gasteiger partial charge on any atom is 0.404 e. The molecule has 0 fully saturated rings. The number of benzene rings is 1. The summed E-state index contributed by atoms with van der Waals surface area (Å²) in [6.45, 7) is 0. The normalized spacial score (nSPS) is 13.8. The highest BCUT2D eigenvalue weighted by atomic mass is 32.1. The van der Waals surface area contributed by atoms with E-state index < -0.39 is 17.6 Å². The van der Waals surface area contributed by atoms with E-state index in [1.54, 1.807) is 7.11 Å². The van der Waals surface area contributed by atoms with Crippen LogP contribution in [0, 0.1) is 0 Å². The first-order valence-electron chi connectivity index (χ1n) is 5.05. The molecule has 0 aromatic heterocycles. The van der Waals surface area contributed by atoms with Gasteiger partial charge < -0.3 is 20.9 Å². The van der Waals surface area contributed by atoms with Crippen LogP contribution in [0.25, 0.3) is 0 Å². The number of primary amides is 1. The Kier molecular flexibility index (Phi) is 5.11. The van der Waals surface area contributed by atoms with E-state index in [2.05, 4.69) is 12.6 Å². The Morgan fingerprint density at radius 3 is 2.41 bits per heavy atom. The molecule has 0 spiro atoms. The highest BCUT2D eigenvalue weighted by Crippen LogP contribution is 2.15. The Morgan fingerprint density at radius 1 is 1.41 bits per heavy atom. The lowest BCUT2D eigenvalue weighted by molar-refractivity contribution is 0.106. The first-order valence-corrected chi connectivity index (χ1v) is 5.57. The summed E-state index contributed by atoms with van der Waals surface area (Å²) in [5.74, 6) is 0.760. The second kappa shape index (κ2) is 6.36. The lowest BCUT2D eigenvalue weighted by atomic mass is 10.1. The van der Waals surface area contributed by atoms with Gasteiger partial charge in [-0.05, 0) is 17.7 Å². The molecule has 0 saturated heterocycles. The minimum Gasteiger partial charge on any atom is -0.497 e. The highest BCUT2D eigenvalue weighted by Gasteiger charge is 2.18. The quantitative estimate of drug-likeness (QED) is 0.540. The molecule has 0 bridgehead atoms. The molecule has 2 unspecified atom stereocenters. The molecular weight excluding hydrogens is 240 g/mol. The first kappa shape index (κ1) is 13.7. The summed E-state index contributed by atoms with van der Waals surface area (Å²) in [6.07, 6.45) is -0.949. The maximum absolute atomic E-state index is 10.7. The monoisotopic (exact) mass is 256 g/mol. The van der Waals surface area contributed by atoms with Crippen LogP contribution in [0.5, 0.6) is 5.75 Å². The summed E-state index contributed by atoms with van der Waals surface area (Å²) in [6, 6.07) is 7.38. The fourth-order valence-corrected chi connectivity index (χ4v) is 1.54. The highest BCUT2D eigenvalue weighted by molar-refractivity contribution is 7.80. The summed E-state index contributed by atoms with van der Waals surface area (Å²) in [7, 11) is 1.59. The van der Waals surface area contributed by atoms with Gasteiger partial charge in [-0.15, -0.1) is 0 Å². The summed E-state index contributed by atoms with van der Waals surface area (Å²) >= 11 is 4.06. The van der Waals surface area contributed by atoms with Crippen LogP contribution in [0.1, 0.15) is 5.56 Å². The number of ether oxygens (including phenoxy) is 2. The van der Waals surface area contributed by atoms with E-state index in [4.69, 9.17) is 20.9 Å². The van der Waals surface area contributed by atoms with Crippen molar-refractivity contribution < 1.29 is 14.3 Å². The van der Waals surface area contributed by atoms with Gasteiger partial charge in [0.15, 0.2) is 0 Å². The van der Waals surface area contributed by atoms with Gasteiger partial charge in [0.25, 0.3) is 0 Å². The molecule has 0 aliphatic heterocycles. The van der Waals surface area contributed by atoms with Crippen LogP contribution >= 0.6 is 12.6 Å². The number of nitrogens with two attached hydrogens (primary N) is 2. The topological polar surface area (TPSA) is 87.6 Å². The molecule has 4 N–H and O–H groups in total. The molecule has 1 aromatic carbocycles. The lowest BCUT2D eigenvalue weighted by Crippen LogP contribution is -2.37. The number of hydrogen-bond donors (Lipinski definition) is 3. The van der Waals surface area contributed by atoms with E-state index in [9.17, 15) is 4.79 Å². The fourth-order valence-electron chi connectivity index (χ4n) is 1.38. The Bertz CT molecular complexity index is 367. The zero-order chi connectivity index (χ0) is 12.8. The number of carbonyl (C=O) groups excluding carboxylic acids is 1. The summed E-state index contributed by atoms with van der Waals surface area (Å²) in [5.41, 5.74) is 11.5. The standard InChI is InChI=1S/C11H16N2O3S/c1-15-8-4-2-7(3-5-8)6-9(10(12)17)16-11(13)14/h2-5,9-10,17H,6,12H2,1H3,(H2,13,14). The van der Waals surface area contributed by atoms with E-state index in [1.165, 1.54) is 0 Å². The van der Waals surface area contributed by atoms with Crippen LogP contribution in [-0.4, -0.2) is 24.7 Å². The van der Waals surface area contributed by atoms with Crippen LogP contribution in [0.2, 0.25) is 0 Å². The van der Waals surface area contributed by atoms with Gasteiger partial charge in [0.2, 0.25) is 0 Å². The molecule has 5 nitrogen and oxygen atoms in total. The van der Waals surface area contributed by atoms with E-state index in [-0.39, 0.29) is 0 Å². The van der Waals surface area contributed by atoms with E-state index >= 15 is 0 Å². The van der Waals surface area contributed by atoms with Crippen molar-refractivity contribution in [2.75, 3.05) is 7.11 Å². The van der Waals surface area contributed by atoms with Gasteiger partial charge in [-0.3, -0.25) is 0 Å². The molecule has 0 saturated carbocycles. The van der Waals surface area contributed by atoms with Gasteiger partial charge in [0.05, 0.1) is 12.5 Å². The van der Waals surface area contributed by atoms with Gasteiger partial charge in [-0.1, -0.05) is 12.1 Å². The molecule has 0 radical (unpaired) electrons. The second-order valence-corrected chi connectivity index (χ2v) is 4.11. The predicted octanol–water partition coefficient (Wildman–Crippen LogP) is 0.916. The molecule has 1 rings (SSSR count). The third kappa shape index (κ3) is 4.54. The summed E-state index contributed by atoms with van der Waals surface area (Å²) in [4.78, 5) is 10.7. The number of methoxy groups -OCH3 is 1. The van der Waals surface area contributed by atoms with Crippen molar-refractivity contribution in [2.24, 2.45) is 11.5 Å². The third-order valence-corrected chi connectivity index (χ3v) is 2.58. The van der Waals surface area contributed by atoms with E-state index in [0.717, 1.165) is 11.3 Å². The molecule has 0 aliphatic carbocycles. The minimum absolute atomic E-state index is 0.456. The maximum atomic E-state index is 10.7. The average molecular weight is 256 g/mol. The number of amides is 1. The molecule has 6 heteroatoms. The molecule has 1 aromatic rings. The van der Waals surface area contributed by atoms with Crippen molar-refractivity contribution in [1.82, 2.24) is 0 Å². The molecule has 0 heterocycles. The number of hydrogen-bond acceptors (Lipinski definition) is 5. The third-order valence-electron chi connectivity index (χ3n) is 2.24. The second-order valence-electron chi connectivity index (χ2n) is 3.52. The zero-order valence-corrected chi connectivity index (χ0v) is 10.4. The fraction of sp³-hybridized carbons (Fsp3) is 0.364. The van der Waals surface area contributed by atoms with E-state index in [1.807, 2.05) is 24.3 Å². The van der Waals surface area contributed by atoms with Crippen LogP contribution < -0.4 is 16.2 Å². The Labute approximate surface area is 105 Å². The zero-order valence-electron chi connectivity index (χ0n) is 9.50. The van der Waals surface area contributed by atoms with Gasteiger partial charge in [0, 0.05) is 6.42 Å². The predicted molar refractivity (Wildman–Crippen MR) is 68.1 cm³/mol. The minimum atomic E-state index is -0.854. The molecular formula is C11H16N2O3S. The number of rotatable bonds is 5. The van der Waals surface area contributed by atoms with Gasteiger partial charge in [0.1, 0.15) is 11.9 Å². The number of carbonyl (C=O) groups is 1. The largest absolute Gasteiger partial charge is 0.497 e. The molecule has 2 atom stereocenters. The summed E-state index contributed by atoms with van der Waals surface area (Å²) in [5, 5.41) is -0.579. The molecule has 17 heavy (non-hydrogen) atoms. The number of thiol groups is 1. The van der Waals surface area contributed by atoms with Gasteiger partial charge >= 0.3 is 6.09 Å². The lowest BCUT2D eigenvalue weighted by Gasteiger charge is -2.19. The smallest absolute Gasteiger partial charge is 0.404 e. The SMILES string of the molecule is COc1ccc(CC(OC(N)=O)C(N)S)cc1. The Hall–Kier alpha value is -1.40. The summed E-state index contributed by atoms with van der Waals surface area (Å²) < 4.78 is 9.92. The van der Waals surface area contributed by atoms with Crippen LogP contribution in [0.4, 0.5) is 4.79 Å². The van der Waals surface area contributed by atoms with Crippen molar-refractivity contribution in [1.29, 1.82) is 0 Å². The van der Waals surface area contributed by atoms with E-state index in [0.29, 0.717) is 6.42 Å².